The van der Waals surface area contributed by atoms with Crippen LogP contribution in [0.15, 0.2) is 107 Å². The van der Waals surface area contributed by atoms with Gasteiger partial charge in [0.25, 0.3) is 5.91 Å². The molecule has 3 aromatic carbocycles. The van der Waals surface area contributed by atoms with E-state index in [9.17, 15) is 13.2 Å². The molecule has 0 fully saturated rings. The van der Waals surface area contributed by atoms with Crippen LogP contribution in [0.25, 0.3) is 21.8 Å². The van der Waals surface area contributed by atoms with Gasteiger partial charge in [-0.15, -0.1) is 0 Å². The molecular formula is C28H22N2O4S2. The molecule has 1 N–H and O–H groups in total. The van der Waals surface area contributed by atoms with E-state index >= 15 is 0 Å². The van der Waals surface area contributed by atoms with E-state index in [1.807, 2.05) is 49.4 Å². The molecule has 1 amide bonds. The predicted octanol–water partition coefficient (Wildman–Crippen LogP) is 6.60. The summed E-state index contributed by atoms with van der Waals surface area (Å²) in [5.74, 6) is -0.236. The lowest BCUT2D eigenvalue weighted by atomic mass is 10.1. The summed E-state index contributed by atoms with van der Waals surface area (Å²) in [5.41, 5.74) is 4.05. The average molecular weight is 515 g/mol. The number of rotatable bonds is 7. The van der Waals surface area contributed by atoms with Gasteiger partial charge in [-0.3, -0.25) is 4.79 Å². The van der Waals surface area contributed by atoms with Crippen LogP contribution in [0.2, 0.25) is 0 Å². The fourth-order valence-electron chi connectivity index (χ4n) is 3.68. The maximum absolute atomic E-state index is 12.8. The van der Waals surface area contributed by atoms with Crippen molar-refractivity contribution < 1.29 is 17.6 Å². The number of aromatic nitrogens is 1. The third kappa shape index (κ3) is 5.15. The summed E-state index contributed by atoms with van der Waals surface area (Å²) in [6.45, 7) is 1.92. The molecule has 0 aliphatic carbocycles. The molecule has 0 saturated heterocycles. The van der Waals surface area contributed by atoms with Crippen LogP contribution in [0.1, 0.15) is 21.7 Å². The number of hydrogen-bond donors (Lipinski definition) is 1. The molecule has 5 rings (SSSR count). The van der Waals surface area contributed by atoms with Gasteiger partial charge in [0.05, 0.1) is 16.9 Å². The highest BCUT2D eigenvalue weighted by molar-refractivity contribution is 7.90. The van der Waals surface area contributed by atoms with Gasteiger partial charge in [-0.1, -0.05) is 83.6 Å². The van der Waals surface area contributed by atoms with Gasteiger partial charge in [0, 0.05) is 11.1 Å². The Morgan fingerprint density at radius 1 is 0.889 bits per heavy atom. The van der Waals surface area contributed by atoms with Crippen LogP contribution in [-0.2, 0) is 15.6 Å². The molecule has 0 atom stereocenters. The molecule has 180 valence electrons. The normalized spacial score (nSPS) is 11.4. The van der Waals surface area contributed by atoms with Gasteiger partial charge in [-0.2, -0.15) is 0 Å². The van der Waals surface area contributed by atoms with E-state index in [1.54, 1.807) is 48.5 Å². The fourth-order valence-corrected chi connectivity index (χ4v) is 6.02. The highest BCUT2D eigenvalue weighted by Gasteiger charge is 2.19. The van der Waals surface area contributed by atoms with E-state index in [0.29, 0.717) is 26.2 Å². The number of benzene rings is 3. The molecule has 0 aliphatic heterocycles. The van der Waals surface area contributed by atoms with Crippen molar-refractivity contribution in [2.24, 2.45) is 0 Å². The van der Waals surface area contributed by atoms with E-state index < -0.39 is 9.84 Å². The molecule has 0 unspecified atom stereocenters. The Hall–Kier alpha value is -4.01. The lowest BCUT2D eigenvalue weighted by Crippen LogP contribution is -2.10. The summed E-state index contributed by atoms with van der Waals surface area (Å²) in [4.78, 5) is 17.7. The Balaban J connectivity index is 1.42. The topological polar surface area (TPSA) is 89.3 Å². The molecular weight excluding hydrogens is 492 g/mol. The van der Waals surface area contributed by atoms with Crippen molar-refractivity contribution in [3.8, 4) is 21.8 Å². The fraction of sp³-hybridized carbons (Fsp3) is 0.0714. The van der Waals surface area contributed by atoms with E-state index in [-0.39, 0.29) is 17.4 Å². The molecule has 8 heteroatoms. The first kappa shape index (κ1) is 23.7. The van der Waals surface area contributed by atoms with Crippen LogP contribution in [0.5, 0.6) is 0 Å². The first-order chi connectivity index (χ1) is 17.4. The van der Waals surface area contributed by atoms with E-state index in [4.69, 9.17) is 9.40 Å². The maximum Gasteiger partial charge on any atom is 0.292 e. The largest absolute Gasteiger partial charge is 0.459 e. The summed E-state index contributed by atoms with van der Waals surface area (Å²) in [6, 6.07) is 27.0. The molecule has 2 aromatic heterocycles. The Morgan fingerprint density at radius 3 is 2.28 bits per heavy atom. The lowest BCUT2D eigenvalue weighted by molar-refractivity contribution is 0.0997. The number of carbonyl (C=O) groups is 1. The van der Waals surface area contributed by atoms with Gasteiger partial charge < -0.3 is 9.73 Å². The minimum Gasteiger partial charge on any atom is -0.459 e. The molecule has 36 heavy (non-hydrogen) atoms. The van der Waals surface area contributed by atoms with Gasteiger partial charge in [-0.25, -0.2) is 13.4 Å². The van der Waals surface area contributed by atoms with Crippen molar-refractivity contribution >= 4 is 32.1 Å². The standard InChI is InChI=1S/C28H22N2O4S2/c1-19-9-15-23(16-10-19)36(32,33)18-20-11-13-22(14-12-20)27-29-25(21-6-3-2-4-7-21)28(35-27)30-26(31)24-8-5-17-34-24/h2-17H,18H2,1H3,(H,30,31). The Labute approximate surface area is 213 Å². The number of nitrogens with one attached hydrogen (secondary N) is 1. The van der Waals surface area contributed by atoms with Crippen molar-refractivity contribution in [3.05, 3.63) is 114 Å². The number of aryl methyl sites for hydroxylation is 1. The van der Waals surface area contributed by atoms with Crippen LogP contribution in [0, 0.1) is 6.92 Å². The summed E-state index contributed by atoms with van der Waals surface area (Å²) >= 11 is 1.35. The number of amides is 1. The minimum atomic E-state index is -3.45. The number of furan rings is 1. The third-order valence-corrected chi connectivity index (χ3v) is 8.31. The van der Waals surface area contributed by atoms with Gasteiger partial charge in [0.15, 0.2) is 15.6 Å². The lowest BCUT2D eigenvalue weighted by Gasteiger charge is -2.06. The van der Waals surface area contributed by atoms with Gasteiger partial charge in [0.1, 0.15) is 15.7 Å². The average Bonchev–Trinajstić information content (AvgIpc) is 3.56. The van der Waals surface area contributed by atoms with Crippen LogP contribution in [0.3, 0.4) is 0 Å². The molecule has 6 nitrogen and oxygen atoms in total. The van der Waals surface area contributed by atoms with Gasteiger partial charge in [0.2, 0.25) is 0 Å². The van der Waals surface area contributed by atoms with Crippen LogP contribution in [0.4, 0.5) is 5.00 Å². The van der Waals surface area contributed by atoms with E-state index in [1.165, 1.54) is 17.6 Å². The van der Waals surface area contributed by atoms with E-state index in [0.717, 1.165) is 16.7 Å². The second kappa shape index (κ2) is 9.93. The molecule has 0 aliphatic rings. The van der Waals surface area contributed by atoms with Crippen LogP contribution in [-0.4, -0.2) is 19.3 Å². The van der Waals surface area contributed by atoms with Crippen molar-refractivity contribution in [1.82, 2.24) is 4.98 Å². The molecule has 0 bridgehead atoms. The van der Waals surface area contributed by atoms with Crippen molar-refractivity contribution in [2.75, 3.05) is 5.32 Å². The van der Waals surface area contributed by atoms with E-state index in [2.05, 4.69) is 5.32 Å². The van der Waals surface area contributed by atoms with Crippen molar-refractivity contribution in [1.29, 1.82) is 0 Å². The maximum atomic E-state index is 12.8. The summed E-state index contributed by atoms with van der Waals surface area (Å²) in [7, 11) is -3.45. The molecule has 0 spiro atoms. The highest BCUT2D eigenvalue weighted by Crippen LogP contribution is 2.38. The molecule has 0 saturated carbocycles. The summed E-state index contributed by atoms with van der Waals surface area (Å²) in [6.07, 6.45) is 1.45. The second-order valence-electron chi connectivity index (χ2n) is 8.26. The van der Waals surface area contributed by atoms with Crippen molar-refractivity contribution in [3.63, 3.8) is 0 Å². The van der Waals surface area contributed by atoms with Gasteiger partial charge >= 0.3 is 0 Å². The second-order valence-corrected chi connectivity index (χ2v) is 11.3. The molecule has 0 radical (unpaired) electrons. The van der Waals surface area contributed by atoms with Crippen LogP contribution < -0.4 is 5.32 Å². The zero-order valence-electron chi connectivity index (χ0n) is 19.3. The minimum absolute atomic E-state index is 0.0894. The Morgan fingerprint density at radius 2 is 1.61 bits per heavy atom. The number of thiazole rings is 1. The first-order valence-electron chi connectivity index (χ1n) is 11.2. The first-order valence-corrected chi connectivity index (χ1v) is 13.7. The number of anilines is 1. The van der Waals surface area contributed by atoms with Gasteiger partial charge in [-0.05, 0) is 36.8 Å². The number of sulfone groups is 1. The quantitative estimate of drug-likeness (QED) is 0.264. The summed E-state index contributed by atoms with van der Waals surface area (Å²) < 4.78 is 30.8. The third-order valence-electron chi connectivity index (χ3n) is 5.58. The summed E-state index contributed by atoms with van der Waals surface area (Å²) in [5, 5.41) is 4.22. The van der Waals surface area contributed by atoms with Crippen molar-refractivity contribution in [2.45, 2.75) is 17.6 Å². The number of hydrogen-bond acceptors (Lipinski definition) is 6. The monoisotopic (exact) mass is 514 g/mol. The zero-order chi connectivity index (χ0) is 25.1. The number of carbonyl (C=O) groups excluding carboxylic acids is 1. The van der Waals surface area contributed by atoms with Crippen LogP contribution >= 0.6 is 11.3 Å². The Bertz CT molecular complexity index is 1590. The highest BCUT2D eigenvalue weighted by atomic mass is 32.2. The zero-order valence-corrected chi connectivity index (χ0v) is 21.0. The SMILES string of the molecule is Cc1ccc(S(=O)(=O)Cc2ccc(-c3nc(-c4ccccc4)c(NC(=O)c4ccco4)s3)cc2)cc1. The molecule has 5 aromatic rings. The number of nitrogens with zero attached hydrogens (tertiary/aromatic N) is 1. The smallest absolute Gasteiger partial charge is 0.292 e. The Kier molecular flexibility index (Phi) is 6.54. The predicted molar refractivity (Wildman–Crippen MR) is 142 cm³/mol. The molecule has 2 heterocycles.